The van der Waals surface area contributed by atoms with E-state index in [1.165, 1.54) is 68.4 Å². The van der Waals surface area contributed by atoms with E-state index in [-0.39, 0.29) is 5.97 Å². The van der Waals surface area contributed by atoms with Gasteiger partial charge in [0.25, 0.3) is 0 Å². The number of methoxy groups -OCH3 is 1. The van der Waals surface area contributed by atoms with Gasteiger partial charge in [0.05, 0.1) is 7.11 Å². The molecule has 1 aliphatic rings. The van der Waals surface area contributed by atoms with E-state index < -0.39 is 8.80 Å². The summed E-state index contributed by atoms with van der Waals surface area (Å²) in [7, 11) is -1.11. The van der Waals surface area contributed by atoms with Gasteiger partial charge < -0.3 is 18.0 Å². The molecule has 38 heavy (non-hydrogen) atoms. The molecule has 0 heterocycles. The minimum atomic E-state index is -2.50. The van der Waals surface area contributed by atoms with Gasteiger partial charge in [0.15, 0.2) is 0 Å². The summed E-state index contributed by atoms with van der Waals surface area (Å²) >= 11 is 0. The van der Waals surface area contributed by atoms with E-state index in [1.807, 2.05) is 32.9 Å². The second-order valence-electron chi connectivity index (χ2n) is 10.0. The van der Waals surface area contributed by atoms with Crippen LogP contribution in [0, 0.1) is 5.92 Å². The van der Waals surface area contributed by atoms with Gasteiger partial charge in [0.1, 0.15) is 0 Å². The van der Waals surface area contributed by atoms with Crippen molar-refractivity contribution in [3.05, 3.63) is 65.7 Å². The summed E-state index contributed by atoms with van der Waals surface area (Å²) in [5.41, 5.74) is 4.84. The molecule has 0 atom stereocenters. The van der Waals surface area contributed by atoms with Crippen LogP contribution < -0.4 is 0 Å². The standard InChI is InChI=1S/C32H46O5Si/c1-5-35-38(36-6-2,37-7-3)25-9-8-10-26-11-16-28(17-12-26)30-20-22-31(23-21-30)29-18-13-27(14-19-29)15-24-32(33)34-4/h13-15,18-24,26,28H,5-12,16-17,25H2,1-4H3/b24-15+. The topological polar surface area (TPSA) is 54.0 Å². The van der Waals surface area contributed by atoms with Crippen LogP contribution in [0.4, 0.5) is 0 Å². The second kappa shape index (κ2) is 16.0. The summed E-state index contributed by atoms with van der Waals surface area (Å²) in [6.07, 6.45) is 12.0. The first-order valence-electron chi connectivity index (χ1n) is 14.4. The van der Waals surface area contributed by atoms with Crippen LogP contribution >= 0.6 is 0 Å². The van der Waals surface area contributed by atoms with Gasteiger partial charge in [-0.1, -0.05) is 61.4 Å². The Hall–Kier alpha value is -2.25. The summed E-state index contributed by atoms with van der Waals surface area (Å²) in [6.45, 7) is 8.03. The zero-order valence-corrected chi connectivity index (χ0v) is 24.7. The van der Waals surface area contributed by atoms with Crippen molar-refractivity contribution >= 4 is 20.8 Å². The first-order valence-corrected chi connectivity index (χ1v) is 16.3. The highest BCUT2D eigenvalue weighted by atomic mass is 28.4. The molecule has 3 rings (SSSR count). The summed E-state index contributed by atoms with van der Waals surface area (Å²) in [4.78, 5) is 11.3. The lowest BCUT2D eigenvalue weighted by Gasteiger charge is -2.30. The molecule has 6 heteroatoms. The molecule has 5 nitrogen and oxygen atoms in total. The monoisotopic (exact) mass is 538 g/mol. The van der Waals surface area contributed by atoms with E-state index in [0.717, 1.165) is 23.9 Å². The van der Waals surface area contributed by atoms with Crippen LogP contribution in [0.15, 0.2) is 54.6 Å². The van der Waals surface area contributed by atoms with Crippen molar-refractivity contribution in [1.29, 1.82) is 0 Å². The average Bonchev–Trinajstić information content (AvgIpc) is 2.95. The van der Waals surface area contributed by atoms with Gasteiger partial charge in [0, 0.05) is 31.9 Å². The van der Waals surface area contributed by atoms with E-state index in [1.54, 1.807) is 6.08 Å². The number of ether oxygens (including phenoxy) is 1. The van der Waals surface area contributed by atoms with Gasteiger partial charge in [-0.15, -0.1) is 0 Å². The Bertz CT molecular complexity index is 961. The Balaban J connectivity index is 1.44. The summed E-state index contributed by atoms with van der Waals surface area (Å²) in [5, 5.41) is 0. The molecule has 0 unspecified atom stereocenters. The second-order valence-corrected chi connectivity index (χ2v) is 12.8. The predicted octanol–water partition coefficient (Wildman–Crippen LogP) is 8.03. The van der Waals surface area contributed by atoms with Crippen molar-refractivity contribution in [2.75, 3.05) is 26.9 Å². The quantitative estimate of drug-likeness (QED) is 0.0994. The molecule has 0 spiro atoms. The van der Waals surface area contributed by atoms with E-state index in [0.29, 0.717) is 25.7 Å². The van der Waals surface area contributed by atoms with E-state index in [4.69, 9.17) is 13.3 Å². The molecule has 1 saturated carbocycles. The first kappa shape index (κ1) is 30.3. The number of esters is 1. The van der Waals surface area contributed by atoms with Crippen molar-refractivity contribution in [3.63, 3.8) is 0 Å². The zero-order chi connectivity index (χ0) is 27.2. The number of carbonyl (C=O) groups excluding carboxylic acids is 1. The third-order valence-corrected chi connectivity index (χ3v) is 10.7. The summed E-state index contributed by atoms with van der Waals surface area (Å²) < 4.78 is 22.7. The molecular formula is C32H46O5Si. The number of hydrogen-bond acceptors (Lipinski definition) is 5. The zero-order valence-electron chi connectivity index (χ0n) is 23.7. The lowest BCUT2D eigenvalue weighted by atomic mass is 9.77. The van der Waals surface area contributed by atoms with Crippen molar-refractivity contribution in [3.8, 4) is 11.1 Å². The van der Waals surface area contributed by atoms with Gasteiger partial charge in [-0.05, 0) is 93.0 Å². The lowest BCUT2D eigenvalue weighted by Crippen LogP contribution is -2.45. The third-order valence-electron chi connectivity index (χ3n) is 7.52. The SMILES string of the molecule is CCO[Si](CCCCC1CCC(c2ccc(-c3ccc(/C=C/C(=O)OC)cc3)cc2)CC1)(OCC)OCC. The molecule has 0 radical (unpaired) electrons. The number of benzene rings is 2. The van der Waals surface area contributed by atoms with Crippen LogP contribution in [-0.2, 0) is 22.8 Å². The highest BCUT2D eigenvalue weighted by Crippen LogP contribution is 2.38. The number of unbranched alkanes of at least 4 members (excludes halogenated alkanes) is 1. The minimum Gasteiger partial charge on any atom is -0.466 e. The summed E-state index contributed by atoms with van der Waals surface area (Å²) in [6, 6.07) is 18.3. The third kappa shape index (κ3) is 9.19. The first-order chi connectivity index (χ1) is 18.5. The molecule has 0 saturated heterocycles. The Kier molecular flexibility index (Phi) is 12.7. The molecule has 2 aromatic rings. The smallest absolute Gasteiger partial charge is 0.466 e. The molecule has 1 aliphatic carbocycles. The van der Waals surface area contributed by atoms with Gasteiger partial charge in [-0.3, -0.25) is 0 Å². The van der Waals surface area contributed by atoms with Gasteiger partial charge in [0.2, 0.25) is 0 Å². The van der Waals surface area contributed by atoms with E-state index >= 15 is 0 Å². The Morgan fingerprint density at radius 2 is 1.37 bits per heavy atom. The maximum Gasteiger partial charge on any atom is 0.500 e. The van der Waals surface area contributed by atoms with Crippen LogP contribution in [0.25, 0.3) is 17.2 Å². The normalized spacial score (nSPS) is 18.1. The van der Waals surface area contributed by atoms with Crippen LogP contribution in [0.1, 0.15) is 82.8 Å². The van der Waals surface area contributed by atoms with Crippen molar-refractivity contribution in [1.82, 2.24) is 0 Å². The predicted molar refractivity (Wildman–Crippen MR) is 157 cm³/mol. The maximum atomic E-state index is 11.3. The fourth-order valence-electron chi connectivity index (χ4n) is 5.53. The van der Waals surface area contributed by atoms with Crippen LogP contribution in [0.2, 0.25) is 6.04 Å². The van der Waals surface area contributed by atoms with E-state index in [9.17, 15) is 4.79 Å². The Morgan fingerprint density at radius 3 is 1.89 bits per heavy atom. The van der Waals surface area contributed by atoms with Gasteiger partial charge in [-0.25, -0.2) is 4.79 Å². The van der Waals surface area contributed by atoms with Crippen LogP contribution in [0.5, 0.6) is 0 Å². The maximum absolute atomic E-state index is 11.3. The highest BCUT2D eigenvalue weighted by Gasteiger charge is 2.39. The van der Waals surface area contributed by atoms with Crippen molar-refractivity contribution < 1.29 is 22.8 Å². The van der Waals surface area contributed by atoms with Crippen LogP contribution in [-0.4, -0.2) is 41.7 Å². The van der Waals surface area contributed by atoms with Gasteiger partial charge in [-0.2, -0.15) is 0 Å². The fourth-order valence-corrected chi connectivity index (χ4v) is 8.21. The van der Waals surface area contributed by atoms with Crippen LogP contribution in [0.3, 0.4) is 0 Å². The molecule has 0 N–H and O–H groups in total. The molecule has 1 fully saturated rings. The Morgan fingerprint density at radius 1 is 0.816 bits per heavy atom. The molecule has 0 aromatic heterocycles. The molecule has 0 amide bonds. The Labute approximate surface area is 230 Å². The number of carbonyl (C=O) groups is 1. The molecular weight excluding hydrogens is 492 g/mol. The average molecular weight is 539 g/mol. The molecule has 2 aromatic carbocycles. The van der Waals surface area contributed by atoms with Crippen molar-refractivity contribution in [2.24, 2.45) is 5.92 Å². The van der Waals surface area contributed by atoms with Crippen molar-refractivity contribution in [2.45, 2.75) is 77.7 Å². The fraction of sp³-hybridized carbons (Fsp3) is 0.531. The lowest BCUT2D eigenvalue weighted by molar-refractivity contribution is -0.134. The van der Waals surface area contributed by atoms with E-state index in [2.05, 4.69) is 41.1 Å². The molecule has 0 bridgehead atoms. The largest absolute Gasteiger partial charge is 0.500 e. The molecule has 0 aliphatic heterocycles. The summed E-state index contributed by atoms with van der Waals surface area (Å²) in [5.74, 6) is 1.16. The number of hydrogen-bond donors (Lipinski definition) is 0. The number of rotatable bonds is 15. The molecule has 208 valence electrons. The van der Waals surface area contributed by atoms with Gasteiger partial charge >= 0.3 is 14.8 Å². The minimum absolute atomic E-state index is 0.344. The highest BCUT2D eigenvalue weighted by molar-refractivity contribution is 6.60.